The second-order valence-corrected chi connectivity index (χ2v) is 9.35. The minimum Gasteiger partial charge on any atom is -0.375 e. The van der Waals surface area contributed by atoms with Gasteiger partial charge in [-0.25, -0.2) is 9.37 Å². The maximum absolute atomic E-state index is 13.6. The van der Waals surface area contributed by atoms with Crippen LogP contribution in [-0.2, 0) is 16.1 Å². The van der Waals surface area contributed by atoms with Crippen LogP contribution in [-0.4, -0.2) is 78.1 Å². The van der Waals surface area contributed by atoms with Crippen molar-refractivity contribution in [3.63, 3.8) is 0 Å². The van der Waals surface area contributed by atoms with Crippen molar-refractivity contribution < 1.29 is 18.7 Å². The molecule has 3 aromatic rings. The number of nitrogens with one attached hydrogen (secondary N) is 1. The first-order chi connectivity index (χ1) is 17.4. The number of benzene rings is 2. The van der Waals surface area contributed by atoms with E-state index in [0.717, 1.165) is 31.6 Å². The summed E-state index contributed by atoms with van der Waals surface area (Å²) in [5.74, 6) is -0.744. The van der Waals surface area contributed by atoms with Crippen molar-refractivity contribution in [2.75, 3.05) is 52.3 Å². The number of rotatable bonds is 10. The maximum Gasteiger partial charge on any atom is 0.255 e. The molecule has 2 amide bonds. The zero-order valence-electron chi connectivity index (χ0n) is 21.0. The number of fused-ring (bicyclic) bond motifs is 1. The predicted octanol–water partition coefficient (Wildman–Crippen LogP) is 3.76. The van der Waals surface area contributed by atoms with Gasteiger partial charge >= 0.3 is 0 Å². The first-order valence-corrected chi connectivity index (χ1v) is 12.4. The van der Waals surface area contributed by atoms with Crippen LogP contribution in [0, 0.1) is 5.82 Å². The number of amides is 2. The lowest BCUT2D eigenvalue weighted by atomic mass is 10.1. The second kappa shape index (κ2) is 12.1. The highest BCUT2D eigenvalue weighted by molar-refractivity contribution is 6.07. The Morgan fingerprint density at radius 3 is 2.61 bits per heavy atom. The number of hydrogen-bond acceptors (Lipinski definition) is 5. The van der Waals surface area contributed by atoms with E-state index >= 15 is 0 Å². The fraction of sp³-hybridized carbons (Fsp3) is 0.444. The number of ether oxygens (including phenoxy) is 1. The first kappa shape index (κ1) is 25.8. The number of aromatic nitrogens is 2. The van der Waals surface area contributed by atoms with Crippen LogP contribution >= 0.6 is 0 Å². The van der Waals surface area contributed by atoms with Crippen molar-refractivity contribution in [3.8, 4) is 0 Å². The van der Waals surface area contributed by atoms with E-state index in [2.05, 4.69) is 15.2 Å². The van der Waals surface area contributed by atoms with Gasteiger partial charge in [0.1, 0.15) is 12.4 Å². The van der Waals surface area contributed by atoms with Gasteiger partial charge in [-0.1, -0.05) is 18.6 Å². The van der Waals surface area contributed by atoms with E-state index in [4.69, 9.17) is 4.74 Å². The van der Waals surface area contributed by atoms with Crippen LogP contribution < -0.4 is 5.32 Å². The molecule has 0 atom stereocenters. The van der Waals surface area contributed by atoms with Crippen molar-refractivity contribution in [2.45, 2.75) is 32.2 Å². The van der Waals surface area contributed by atoms with Gasteiger partial charge in [-0.15, -0.1) is 0 Å². The minimum atomic E-state index is -0.309. The van der Waals surface area contributed by atoms with Crippen molar-refractivity contribution >= 4 is 28.5 Å². The molecule has 8 nitrogen and oxygen atoms in total. The molecule has 2 aromatic carbocycles. The Labute approximate surface area is 211 Å². The summed E-state index contributed by atoms with van der Waals surface area (Å²) in [5.41, 5.74) is 3.11. The molecule has 0 unspecified atom stereocenters. The summed E-state index contributed by atoms with van der Waals surface area (Å²) in [7, 11) is 3.26. The quantitative estimate of drug-likeness (QED) is 0.463. The number of methoxy groups -OCH3 is 1. The molecule has 1 aliphatic heterocycles. The van der Waals surface area contributed by atoms with Crippen molar-refractivity contribution in [3.05, 3.63) is 59.7 Å². The topological polar surface area (TPSA) is 79.7 Å². The molecular weight excluding hydrogens is 461 g/mol. The molecule has 1 aromatic heterocycles. The van der Waals surface area contributed by atoms with Gasteiger partial charge in [0.15, 0.2) is 0 Å². The third-order valence-corrected chi connectivity index (χ3v) is 6.53. The van der Waals surface area contributed by atoms with E-state index in [1.54, 1.807) is 42.5 Å². The van der Waals surface area contributed by atoms with Gasteiger partial charge in [0.05, 0.1) is 22.9 Å². The zero-order chi connectivity index (χ0) is 25.5. The Hall–Kier alpha value is -3.30. The van der Waals surface area contributed by atoms with E-state index in [0.29, 0.717) is 35.4 Å². The standard InChI is InChI=1S/C27H34FN5O3/c1-31(11-6-14-32-12-4-3-5-13-32)27(35)23-15-22(30-25(34)18-36-2)16-24-26(23)33(19-29-24)17-20-7-9-21(28)10-8-20/h7-10,15-16,19H,3-6,11-14,17-18H2,1-2H3,(H,30,34). The highest BCUT2D eigenvalue weighted by Crippen LogP contribution is 2.26. The fourth-order valence-corrected chi connectivity index (χ4v) is 4.70. The molecule has 1 aliphatic rings. The number of carbonyl (C=O) groups excluding carboxylic acids is 2. The van der Waals surface area contributed by atoms with E-state index < -0.39 is 0 Å². The lowest BCUT2D eigenvalue weighted by Gasteiger charge is -2.27. The Morgan fingerprint density at radius 2 is 1.89 bits per heavy atom. The van der Waals surface area contributed by atoms with Gasteiger partial charge in [0, 0.05) is 32.9 Å². The summed E-state index contributed by atoms with van der Waals surface area (Å²) in [6.07, 6.45) is 6.35. The largest absolute Gasteiger partial charge is 0.375 e. The Balaban J connectivity index is 1.58. The molecule has 36 heavy (non-hydrogen) atoms. The van der Waals surface area contributed by atoms with Gasteiger partial charge in [-0.3, -0.25) is 9.59 Å². The molecule has 4 rings (SSSR count). The molecule has 0 saturated carbocycles. The fourth-order valence-electron chi connectivity index (χ4n) is 4.70. The maximum atomic E-state index is 13.6. The molecule has 2 heterocycles. The number of nitrogens with zero attached hydrogens (tertiary/aromatic N) is 4. The van der Waals surface area contributed by atoms with Crippen molar-refractivity contribution in [2.24, 2.45) is 0 Å². The number of likely N-dealkylation sites (tertiary alicyclic amines) is 1. The molecule has 1 saturated heterocycles. The van der Waals surface area contributed by atoms with Crippen LogP contribution in [0.1, 0.15) is 41.6 Å². The highest BCUT2D eigenvalue weighted by atomic mass is 19.1. The molecule has 192 valence electrons. The third kappa shape index (κ3) is 6.47. The third-order valence-electron chi connectivity index (χ3n) is 6.53. The van der Waals surface area contributed by atoms with Crippen LogP contribution in [0.25, 0.3) is 11.0 Å². The van der Waals surface area contributed by atoms with Crippen molar-refractivity contribution in [1.29, 1.82) is 0 Å². The van der Waals surface area contributed by atoms with E-state index in [1.165, 1.54) is 38.5 Å². The number of carbonyl (C=O) groups is 2. The average Bonchev–Trinajstić information content (AvgIpc) is 3.27. The average molecular weight is 496 g/mol. The predicted molar refractivity (Wildman–Crippen MR) is 138 cm³/mol. The molecule has 1 fully saturated rings. The lowest BCUT2D eigenvalue weighted by Crippen LogP contribution is -2.34. The molecule has 0 bridgehead atoms. The Kier molecular flexibility index (Phi) is 8.66. The first-order valence-electron chi connectivity index (χ1n) is 12.4. The summed E-state index contributed by atoms with van der Waals surface area (Å²) in [4.78, 5) is 34.5. The minimum absolute atomic E-state index is 0.0866. The Morgan fingerprint density at radius 1 is 1.14 bits per heavy atom. The molecular formula is C27H34FN5O3. The molecule has 0 radical (unpaired) electrons. The van der Waals surface area contributed by atoms with Crippen LogP contribution in [0.2, 0.25) is 0 Å². The zero-order valence-corrected chi connectivity index (χ0v) is 21.0. The lowest BCUT2D eigenvalue weighted by molar-refractivity contribution is -0.119. The SMILES string of the molecule is COCC(=O)Nc1cc(C(=O)N(C)CCCN2CCCCC2)c2c(c1)ncn2Cc1ccc(F)cc1. The van der Waals surface area contributed by atoms with Gasteiger partial charge in [0.25, 0.3) is 5.91 Å². The smallest absolute Gasteiger partial charge is 0.255 e. The number of halogens is 1. The summed E-state index contributed by atoms with van der Waals surface area (Å²) < 4.78 is 20.2. The molecule has 1 N–H and O–H groups in total. The van der Waals surface area contributed by atoms with E-state index in [9.17, 15) is 14.0 Å². The van der Waals surface area contributed by atoms with Gasteiger partial charge in [-0.2, -0.15) is 0 Å². The van der Waals surface area contributed by atoms with E-state index in [1.807, 2.05) is 4.57 Å². The van der Waals surface area contributed by atoms with Gasteiger partial charge in [-0.05, 0) is 68.7 Å². The number of anilines is 1. The van der Waals surface area contributed by atoms with Crippen LogP contribution in [0.3, 0.4) is 0 Å². The number of piperidine rings is 1. The van der Waals surface area contributed by atoms with Gasteiger partial charge < -0.3 is 24.4 Å². The number of hydrogen-bond donors (Lipinski definition) is 1. The normalized spacial score (nSPS) is 14.2. The monoisotopic (exact) mass is 495 g/mol. The van der Waals surface area contributed by atoms with E-state index in [-0.39, 0.29) is 24.2 Å². The van der Waals surface area contributed by atoms with Crippen LogP contribution in [0.5, 0.6) is 0 Å². The summed E-state index contributed by atoms with van der Waals surface area (Å²) >= 11 is 0. The Bertz CT molecular complexity index is 1190. The summed E-state index contributed by atoms with van der Waals surface area (Å²) in [6, 6.07) is 9.71. The summed E-state index contributed by atoms with van der Waals surface area (Å²) in [5, 5.41) is 2.79. The summed E-state index contributed by atoms with van der Waals surface area (Å²) in [6.45, 7) is 4.21. The van der Waals surface area contributed by atoms with Crippen molar-refractivity contribution in [1.82, 2.24) is 19.4 Å². The molecule has 0 spiro atoms. The second-order valence-electron chi connectivity index (χ2n) is 9.35. The molecule has 9 heteroatoms. The van der Waals surface area contributed by atoms with Crippen LogP contribution in [0.4, 0.5) is 10.1 Å². The number of imidazole rings is 1. The van der Waals surface area contributed by atoms with Gasteiger partial charge in [0.2, 0.25) is 5.91 Å². The molecule has 0 aliphatic carbocycles. The van der Waals surface area contributed by atoms with Crippen LogP contribution in [0.15, 0.2) is 42.7 Å². The highest BCUT2D eigenvalue weighted by Gasteiger charge is 2.21.